The first-order valence-electron chi connectivity index (χ1n) is 6.37. The Morgan fingerprint density at radius 1 is 1.48 bits per heavy atom. The molecule has 1 amide bonds. The zero-order valence-corrected chi connectivity index (χ0v) is 13.4. The van der Waals surface area contributed by atoms with Crippen molar-refractivity contribution in [3.8, 4) is 0 Å². The molecule has 0 atom stereocenters. The molecule has 1 aromatic heterocycles. The third-order valence-electron chi connectivity index (χ3n) is 2.54. The Morgan fingerprint density at radius 3 is 3.00 bits per heavy atom. The molecule has 0 fully saturated rings. The first-order valence-corrected chi connectivity index (χ1v) is 7.62. The molecule has 0 aliphatic heterocycles. The predicted octanol–water partition coefficient (Wildman–Crippen LogP) is 3.51. The van der Waals surface area contributed by atoms with Gasteiger partial charge in [-0.15, -0.1) is 11.3 Å². The summed E-state index contributed by atoms with van der Waals surface area (Å²) in [6.45, 7) is 0.755. The summed E-state index contributed by atoms with van der Waals surface area (Å²) in [6.07, 6.45) is 3.19. The number of nitrogens with zero attached hydrogens (tertiary/aromatic N) is 2. The van der Waals surface area contributed by atoms with Gasteiger partial charge in [0.15, 0.2) is 5.13 Å². The lowest BCUT2D eigenvalue weighted by Gasteiger charge is -2.05. The Hall–Kier alpha value is -1.69. The van der Waals surface area contributed by atoms with Crippen LogP contribution in [0.5, 0.6) is 0 Å². The normalized spacial score (nSPS) is 11.2. The van der Waals surface area contributed by atoms with Gasteiger partial charge >= 0.3 is 0 Å². The SMILES string of the molecule is CN(C)Cc1csc(NC(=O)/C=C/c2cccc(Cl)c2)n1. The molecule has 2 aromatic rings. The molecule has 0 bridgehead atoms. The molecule has 0 saturated carbocycles. The molecule has 1 heterocycles. The summed E-state index contributed by atoms with van der Waals surface area (Å²) in [7, 11) is 3.96. The van der Waals surface area contributed by atoms with Gasteiger partial charge in [-0.25, -0.2) is 4.98 Å². The van der Waals surface area contributed by atoms with E-state index in [1.807, 2.05) is 36.5 Å². The number of nitrogens with one attached hydrogen (secondary N) is 1. The first-order chi connectivity index (χ1) is 10.0. The Kier molecular flexibility index (Phi) is 5.50. The van der Waals surface area contributed by atoms with Crippen molar-refractivity contribution in [1.29, 1.82) is 0 Å². The number of aromatic nitrogens is 1. The van der Waals surface area contributed by atoms with Crippen molar-refractivity contribution >= 4 is 40.1 Å². The summed E-state index contributed by atoms with van der Waals surface area (Å²) >= 11 is 7.31. The van der Waals surface area contributed by atoms with Gasteiger partial charge in [-0.1, -0.05) is 23.7 Å². The standard InChI is InChI=1S/C15H16ClN3OS/c1-19(2)9-13-10-21-15(17-13)18-14(20)7-6-11-4-3-5-12(16)8-11/h3-8,10H,9H2,1-2H3,(H,17,18,20)/b7-6+. The summed E-state index contributed by atoms with van der Waals surface area (Å²) < 4.78 is 0. The van der Waals surface area contributed by atoms with Crippen LogP contribution in [0, 0.1) is 0 Å². The highest BCUT2D eigenvalue weighted by atomic mass is 35.5. The van der Waals surface area contributed by atoms with Crippen LogP contribution in [-0.4, -0.2) is 29.9 Å². The fourth-order valence-electron chi connectivity index (χ4n) is 1.69. The van der Waals surface area contributed by atoms with Crippen LogP contribution in [0.1, 0.15) is 11.3 Å². The molecule has 0 aliphatic rings. The molecule has 1 N–H and O–H groups in total. The molecular formula is C15H16ClN3OS. The van der Waals surface area contributed by atoms with Gasteiger partial charge < -0.3 is 4.90 Å². The van der Waals surface area contributed by atoms with Crippen LogP contribution in [0.2, 0.25) is 5.02 Å². The van der Waals surface area contributed by atoms with Crippen molar-refractivity contribution in [2.24, 2.45) is 0 Å². The minimum atomic E-state index is -0.208. The second-order valence-electron chi connectivity index (χ2n) is 4.76. The van der Waals surface area contributed by atoms with Gasteiger partial charge in [0.1, 0.15) is 0 Å². The number of rotatable bonds is 5. The van der Waals surface area contributed by atoms with E-state index in [9.17, 15) is 4.79 Å². The molecular weight excluding hydrogens is 306 g/mol. The summed E-state index contributed by atoms with van der Waals surface area (Å²) in [6, 6.07) is 7.31. The Labute approximate surface area is 133 Å². The van der Waals surface area contributed by atoms with Gasteiger partial charge in [0.2, 0.25) is 5.91 Å². The topological polar surface area (TPSA) is 45.2 Å². The number of hydrogen-bond donors (Lipinski definition) is 1. The molecule has 0 unspecified atom stereocenters. The molecule has 6 heteroatoms. The quantitative estimate of drug-likeness (QED) is 0.857. The molecule has 2 rings (SSSR count). The molecule has 1 aromatic carbocycles. The van der Waals surface area contributed by atoms with Gasteiger partial charge in [0.05, 0.1) is 5.69 Å². The predicted molar refractivity (Wildman–Crippen MR) is 88.6 cm³/mol. The first kappa shape index (κ1) is 15.7. The van der Waals surface area contributed by atoms with Crippen molar-refractivity contribution in [1.82, 2.24) is 9.88 Å². The third kappa shape index (κ3) is 5.30. The van der Waals surface area contributed by atoms with Crippen LogP contribution in [0.15, 0.2) is 35.7 Å². The lowest BCUT2D eigenvalue weighted by atomic mass is 10.2. The zero-order chi connectivity index (χ0) is 15.2. The van der Waals surface area contributed by atoms with Crippen LogP contribution < -0.4 is 5.32 Å². The molecule has 0 radical (unpaired) electrons. The number of anilines is 1. The number of thiazole rings is 1. The average Bonchev–Trinajstić information content (AvgIpc) is 2.83. The monoisotopic (exact) mass is 321 g/mol. The van der Waals surface area contributed by atoms with Crippen LogP contribution in [0.4, 0.5) is 5.13 Å². The van der Waals surface area contributed by atoms with Crippen LogP contribution in [0.3, 0.4) is 0 Å². The zero-order valence-electron chi connectivity index (χ0n) is 11.8. The van der Waals surface area contributed by atoms with Gasteiger partial charge in [-0.2, -0.15) is 0 Å². The summed E-state index contributed by atoms with van der Waals surface area (Å²) in [4.78, 5) is 18.2. The largest absolute Gasteiger partial charge is 0.304 e. The molecule has 4 nitrogen and oxygen atoms in total. The van der Waals surface area contributed by atoms with Crippen LogP contribution in [-0.2, 0) is 11.3 Å². The van der Waals surface area contributed by atoms with Crippen molar-refractivity contribution in [3.63, 3.8) is 0 Å². The molecule has 0 spiro atoms. The number of halogens is 1. The Balaban J connectivity index is 1.94. The van der Waals surface area contributed by atoms with Crippen molar-refractivity contribution < 1.29 is 4.79 Å². The van der Waals surface area contributed by atoms with Crippen molar-refractivity contribution in [3.05, 3.63) is 52.0 Å². The maximum absolute atomic E-state index is 11.8. The smallest absolute Gasteiger partial charge is 0.250 e. The van der Waals surface area contributed by atoms with Gasteiger partial charge in [-0.05, 0) is 37.9 Å². The summed E-state index contributed by atoms with van der Waals surface area (Å²) in [5.41, 5.74) is 1.82. The molecule has 0 saturated heterocycles. The van der Waals surface area contributed by atoms with Gasteiger partial charge in [0, 0.05) is 23.0 Å². The lowest BCUT2D eigenvalue weighted by Crippen LogP contribution is -2.11. The number of benzene rings is 1. The number of hydrogen-bond acceptors (Lipinski definition) is 4. The van der Waals surface area contributed by atoms with E-state index in [1.165, 1.54) is 17.4 Å². The lowest BCUT2D eigenvalue weighted by molar-refractivity contribution is -0.111. The average molecular weight is 322 g/mol. The molecule has 110 valence electrons. The highest BCUT2D eigenvalue weighted by Crippen LogP contribution is 2.16. The van der Waals surface area contributed by atoms with Crippen molar-refractivity contribution in [2.45, 2.75) is 6.54 Å². The maximum Gasteiger partial charge on any atom is 0.250 e. The third-order valence-corrected chi connectivity index (χ3v) is 3.58. The highest BCUT2D eigenvalue weighted by Gasteiger charge is 2.05. The van der Waals surface area contributed by atoms with Crippen LogP contribution in [0.25, 0.3) is 6.08 Å². The summed E-state index contributed by atoms with van der Waals surface area (Å²) in [5.74, 6) is -0.208. The van der Waals surface area contributed by atoms with E-state index in [-0.39, 0.29) is 5.91 Å². The number of amides is 1. The van der Waals surface area contributed by atoms with E-state index in [1.54, 1.807) is 18.2 Å². The summed E-state index contributed by atoms with van der Waals surface area (Å²) in [5, 5.41) is 5.94. The van der Waals surface area contributed by atoms with E-state index < -0.39 is 0 Å². The fraction of sp³-hybridized carbons (Fsp3) is 0.200. The van der Waals surface area contributed by atoms with E-state index >= 15 is 0 Å². The highest BCUT2D eigenvalue weighted by molar-refractivity contribution is 7.13. The van der Waals surface area contributed by atoms with E-state index in [0.29, 0.717) is 10.2 Å². The second kappa shape index (κ2) is 7.36. The maximum atomic E-state index is 11.8. The van der Waals surface area contributed by atoms with Gasteiger partial charge in [-0.3, -0.25) is 10.1 Å². The van der Waals surface area contributed by atoms with E-state index in [0.717, 1.165) is 17.8 Å². The minimum Gasteiger partial charge on any atom is -0.304 e. The fourth-order valence-corrected chi connectivity index (χ4v) is 2.59. The molecule has 0 aliphatic carbocycles. The second-order valence-corrected chi connectivity index (χ2v) is 6.05. The number of carbonyl (C=O) groups excluding carboxylic acids is 1. The van der Waals surface area contributed by atoms with Crippen molar-refractivity contribution in [2.75, 3.05) is 19.4 Å². The Morgan fingerprint density at radius 2 is 2.29 bits per heavy atom. The number of carbonyl (C=O) groups is 1. The van der Waals surface area contributed by atoms with E-state index in [2.05, 4.69) is 10.3 Å². The van der Waals surface area contributed by atoms with Gasteiger partial charge in [0.25, 0.3) is 0 Å². The molecule has 21 heavy (non-hydrogen) atoms. The van der Waals surface area contributed by atoms with Crippen LogP contribution >= 0.6 is 22.9 Å². The van der Waals surface area contributed by atoms with E-state index in [4.69, 9.17) is 11.6 Å². The Bertz CT molecular complexity index is 652. The minimum absolute atomic E-state index is 0.208.